The lowest BCUT2D eigenvalue weighted by Crippen LogP contribution is -2.47. The standard InChI is InChI=1S/C20H25ClN2O4S/c1-5-19(23(28(4,25)26)17-11-9-15(21)10-12-17)20(24)22-16-7-6-8-18(13-16)27-14(2)3/h6-14,19H,5H2,1-4H3,(H,22,24)/t19-/m0/s1. The fourth-order valence-electron chi connectivity index (χ4n) is 2.79. The van der Waals surface area contributed by atoms with Crippen molar-refractivity contribution in [2.75, 3.05) is 15.9 Å². The van der Waals surface area contributed by atoms with E-state index in [-0.39, 0.29) is 6.10 Å². The molecule has 2 rings (SSSR count). The van der Waals surface area contributed by atoms with Crippen molar-refractivity contribution in [3.63, 3.8) is 0 Å². The molecular formula is C20H25ClN2O4S. The van der Waals surface area contributed by atoms with Gasteiger partial charge in [0.15, 0.2) is 0 Å². The monoisotopic (exact) mass is 424 g/mol. The molecule has 0 heterocycles. The topological polar surface area (TPSA) is 75.7 Å². The molecule has 28 heavy (non-hydrogen) atoms. The maximum absolute atomic E-state index is 12.9. The summed E-state index contributed by atoms with van der Waals surface area (Å²) in [6, 6.07) is 12.4. The van der Waals surface area contributed by atoms with Crippen LogP contribution in [0.4, 0.5) is 11.4 Å². The number of anilines is 2. The fourth-order valence-corrected chi connectivity index (χ4v) is 4.13. The second-order valence-electron chi connectivity index (χ2n) is 6.64. The van der Waals surface area contributed by atoms with Crippen LogP contribution in [0.2, 0.25) is 5.02 Å². The maximum Gasteiger partial charge on any atom is 0.248 e. The van der Waals surface area contributed by atoms with Crippen LogP contribution in [-0.4, -0.2) is 32.7 Å². The Morgan fingerprint density at radius 1 is 1.18 bits per heavy atom. The molecule has 0 fully saturated rings. The Hall–Kier alpha value is -2.25. The molecule has 152 valence electrons. The summed E-state index contributed by atoms with van der Waals surface area (Å²) < 4.78 is 31.6. The van der Waals surface area contributed by atoms with Crippen molar-refractivity contribution in [3.05, 3.63) is 53.6 Å². The van der Waals surface area contributed by atoms with E-state index in [1.807, 2.05) is 13.8 Å². The highest BCUT2D eigenvalue weighted by Crippen LogP contribution is 2.25. The molecule has 0 aromatic heterocycles. The molecule has 0 aliphatic heterocycles. The molecule has 2 aromatic rings. The number of amides is 1. The average Bonchev–Trinajstić information content (AvgIpc) is 2.59. The van der Waals surface area contributed by atoms with Crippen LogP contribution in [0, 0.1) is 0 Å². The molecule has 1 atom stereocenters. The van der Waals surface area contributed by atoms with E-state index >= 15 is 0 Å². The molecule has 0 saturated heterocycles. The largest absolute Gasteiger partial charge is 0.491 e. The molecule has 0 unspecified atom stereocenters. The number of ether oxygens (including phenoxy) is 1. The minimum Gasteiger partial charge on any atom is -0.491 e. The van der Waals surface area contributed by atoms with Crippen molar-refractivity contribution in [1.82, 2.24) is 0 Å². The zero-order chi connectivity index (χ0) is 20.9. The van der Waals surface area contributed by atoms with Crippen LogP contribution in [0.1, 0.15) is 27.2 Å². The SMILES string of the molecule is CC[C@@H](C(=O)Nc1cccc(OC(C)C)c1)N(c1ccc(Cl)cc1)S(C)(=O)=O. The number of hydrogen-bond acceptors (Lipinski definition) is 4. The van der Waals surface area contributed by atoms with Gasteiger partial charge in [0.05, 0.1) is 18.0 Å². The molecule has 6 nitrogen and oxygen atoms in total. The number of benzene rings is 2. The van der Waals surface area contributed by atoms with Crippen LogP contribution >= 0.6 is 11.6 Å². The lowest BCUT2D eigenvalue weighted by atomic mass is 10.1. The van der Waals surface area contributed by atoms with E-state index in [0.717, 1.165) is 10.6 Å². The van der Waals surface area contributed by atoms with Gasteiger partial charge < -0.3 is 10.1 Å². The summed E-state index contributed by atoms with van der Waals surface area (Å²) in [4.78, 5) is 12.9. The lowest BCUT2D eigenvalue weighted by Gasteiger charge is -2.30. The van der Waals surface area contributed by atoms with E-state index in [9.17, 15) is 13.2 Å². The molecule has 0 aliphatic carbocycles. The quantitative estimate of drug-likeness (QED) is 0.685. The second kappa shape index (κ2) is 9.30. The van der Waals surface area contributed by atoms with Gasteiger partial charge in [-0.05, 0) is 56.7 Å². The van der Waals surface area contributed by atoms with Gasteiger partial charge in [-0.2, -0.15) is 0 Å². The third kappa shape index (κ3) is 5.87. The zero-order valence-corrected chi connectivity index (χ0v) is 17.9. The first-order valence-corrected chi connectivity index (χ1v) is 11.2. The van der Waals surface area contributed by atoms with Gasteiger partial charge in [-0.1, -0.05) is 24.6 Å². The summed E-state index contributed by atoms with van der Waals surface area (Å²) in [6.45, 7) is 5.58. The van der Waals surface area contributed by atoms with Crippen LogP contribution in [-0.2, 0) is 14.8 Å². The predicted molar refractivity (Wildman–Crippen MR) is 114 cm³/mol. The summed E-state index contributed by atoms with van der Waals surface area (Å²) in [5.41, 5.74) is 0.914. The average molecular weight is 425 g/mol. The van der Waals surface area contributed by atoms with E-state index in [0.29, 0.717) is 28.6 Å². The number of nitrogens with zero attached hydrogens (tertiary/aromatic N) is 1. The van der Waals surface area contributed by atoms with Gasteiger partial charge in [0.2, 0.25) is 15.9 Å². The summed E-state index contributed by atoms with van der Waals surface area (Å²) in [5.74, 6) is 0.197. The van der Waals surface area contributed by atoms with Crippen molar-refractivity contribution in [1.29, 1.82) is 0 Å². The van der Waals surface area contributed by atoms with Crippen molar-refractivity contribution in [2.45, 2.75) is 39.3 Å². The molecule has 2 aromatic carbocycles. The molecule has 8 heteroatoms. The highest BCUT2D eigenvalue weighted by molar-refractivity contribution is 7.92. The summed E-state index contributed by atoms with van der Waals surface area (Å²) in [7, 11) is -3.70. The fraction of sp³-hybridized carbons (Fsp3) is 0.350. The van der Waals surface area contributed by atoms with Gasteiger partial charge in [0.1, 0.15) is 11.8 Å². The highest BCUT2D eigenvalue weighted by atomic mass is 35.5. The van der Waals surface area contributed by atoms with Crippen LogP contribution in [0.15, 0.2) is 48.5 Å². The Balaban J connectivity index is 2.30. The number of sulfonamides is 1. The Morgan fingerprint density at radius 2 is 1.82 bits per heavy atom. The van der Waals surface area contributed by atoms with Gasteiger partial charge in [-0.3, -0.25) is 9.10 Å². The maximum atomic E-state index is 12.9. The Morgan fingerprint density at radius 3 is 2.36 bits per heavy atom. The Labute approximate surface area is 171 Å². The Bertz CT molecular complexity index is 914. The van der Waals surface area contributed by atoms with Crippen LogP contribution in [0.3, 0.4) is 0 Å². The van der Waals surface area contributed by atoms with Gasteiger partial charge in [0.25, 0.3) is 0 Å². The van der Waals surface area contributed by atoms with Crippen LogP contribution < -0.4 is 14.4 Å². The van der Waals surface area contributed by atoms with Crippen molar-refractivity contribution in [3.8, 4) is 5.75 Å². The van der Waals surface area contributed by atoms with E-state index in [2.05, 4.69) is 5.32 Å². The van der Waals surface area contributed by atoms with Crippen molar-refractivity contribution in [2.24, 2.45) is 0 Å². The molecule has 0 radical (unpaired) electrons. The summed E-state index contributed by atoms with van der Waals surface area (Å²) in [5, 5.41) is 3.27. The molecule has 0 spiro atoms. The Kier molecular flexibility index (Phi) is 7.32. The normalized spacial score (nSPS) is 12.5. The van der Waals surface area contributed by atoms with Crippen LogP contribution in [0.25, 0.3) is 0 Å². The first-order valence-electron chi connectivity index (χ1n) is 8.94. The second-order valence-corrected chi connectivity index (χ2v) is 8.94. The van der Waals surface area contributed by atoms with E-state index in [1.165, 1.54) is 0 Å². The third-order valence-electron chi connectivity index (χ3n) is 3.88. The van der Waals surface area contributed by atoms with E-state index in [1.54, 1.807) is 55.5 Å². The molecule has 0 aliphatic rings. The van der Waals surface area contributed by atoms with E-state index < -0.39 is 22.0 Å². The third-order valence-corrected chi connectivity index (χ3v) is 5.32. The van der Waals surface area contributed by atoms with Crippen molar-refractivity contribution >= 4 is 38.9 Å². The molecular weight excluding hydrogens is 400 g/mol. The predicted octanol–water partition coefficient (Wildman–Crippen LogP) is 4.31. The number of rotatable bonds is 8. The first kappa shape index (κ1) is 22.0. The first-order chi connectivity index (χ1) is 13.1. The van der Waals surface area contributed by atoms with Gasteiger partial charge in [-0.25, -0.2) is 8.42 Å². The highest BCUT2D eigenvalue weighted by Gasteiger charge is 2.31. The van der Waals surface area contributed by atoms with E-state index in [4.69, 9.17) is 16.3 Å². The molecule has 0 saturated carbocycles. The summed E-state index contributed by atoms with van der Waals surface area (Å²) in [6.07, 6.45) is 1.37. The lowest BCUT2D eigenvalue weighted by molar-refractivity contribution is -0.117. The smallest absolute Gasteiger partial charge is 0.248 e. The number of hydrogen-bond donors (Lipinski definition) is 1. The zero-order valence-electron chi connectivity index (χ0n) is 16.3. The number of nitrogens with one attached hydrogen (secondary N) is 1. The molecule has 1 amide bonds. The minimum absolute atomic E-state index is 0.0000256. The van der Waals surface area contributed by atoms with Gasteiger partial charge in [0, 0.05) is 16.8 Å². The molecule has 1 N–H and O–H groups in total. The van der Waals surface area contributed by atoms with Gasteiger partial charge in [-0.15, -0.1) is 0 Å². The minimum atomic E-state index is -3.70. The van der Waals surface area contributed by atoms with Gasteiger partial charge >= 0.3 is 0 Å². The summed E-state index contributed by atoms with van der Waals surface area (Å²) >= 11 is 5.91. The number of halogens is 1. The molecule has 0 bridgehead atoms. The van der Waals surface area contributed by atoms with Crippen LogP contribution in [0.5, 0.6) is 5.75 Å². The number of carbonyl (C=O) groups is 1. The number of carbonyl (C=O) groups excluding carboxylic acids is 1. The van der Waals surface area contributed by atoms with Crippen molar-refractivity contribution < 1.29 is 17.9 Å².